The molecule has 3 aromatic carbocycles. The Kier molecular flexibility index (Phi) is 5.91. The van der Waals surface area contributed by atoms with Gasteiger partial charge in [-0.05, 0) is 46.4 Å². The average Bonchev–Trinajstić information content (AvgIpc) is 3.11. The molecule has 0 saturated carbocycles. The van der Waals surface area contributed by atoms with Crippen molar-refractivity contribution in [1.82, 2.24) is 5.32 Å². The maximum atomic E-state index is 12.1. The van der Waals surface area contributed by atoms with Crippen LogP contribution in [0.1, 0.15) is 34.6 Å². The van der Waals surface area contributed by atoms with E-state index in [4.69, 9.17) is 10.00 Å². The van der Waals surface area contributed by atoms with Crippen molar-refractivity contribution < 1.29 is 9.53 Å². The molecule has 0 spiro atoms. The van der Waals surface area contributed by atoms with E-state index in [-0.39, 0.29) is 5.92 Å². The Bertz CT molecular complexity index is 1080. The number of carbonyl (C=O) groups excluding carboxylic acids is 1. The van der Waals surface area contributed by atoms with E-state index in [2.05, 4.69) is 35.7 Å². The van der Waals surface area contributed by atoms with Crippen LogP contribution in [0.3, 0.4) is 0 Å². The number of nitrogens with one attached hydrogen (secondary N) is 1. The average molecular weight is 394 g/mol. The first kappa shape index (κ1) is 19.5. The fraction of sp³-hybridized carbons (Fsp3) is 0.154. The molecule has 0 aliphatic heterocycles. The summed E-state index contributed by atoms with van der Waals surface area (Å²) < 4.78 is 5.52. The molecule has 0 radical (unpaired) electrons. The molecule has 1 aliphatic rings. The highest BCUT2D eigenvalue weighted by Gasteiger charge is 2.28. The van der Waals surface area contributed by atoms with Crippen molar-refractivity contribution in [3.63, 3.8) is 0 Å². The van der Waals surface area contributed by atoms with Crippen LogP contribution in [0.4, 0.5) is 4.79 Å². The van der Waals surface area contributed by atoms with Crippen LogP contribution in [0.25, 0.3) is 17.2 Å². The summed E-state index contributed by atoms with van der Waals surface area (Å²) in [6, 6.07) is 26.1. The summed E-state index contributed by atoms with van der Waals surface area (Å²) in [7, 11) is 0. The van der Waals surface area contributed by atoms with E-state index < -0.39 is 6.09 Å². The van der Waals surface area contributed by atoms with Crippen molar-refractivity contribution in [3.05, 3.63) is 101 Å². The first-order valence-corrected chi connectivity index (χ1v) is 10.0. The molecule has 1 aliphatic carbocycles. The van der Waals surface area contributed by atoms with E-state index in [9.17, 15) is 4.79 Å². The maximum Gasteiger partial charge on any atom is 0.407 e. The quantitative estimate of drug-likeness (QED) is 0.562. The third kappa shape index (κ3) is 4.26. The molecule has 1 amide bonds. The lowest BCUT2D eigenvalue weighted by Gasteiger charge is -2.14. The zero-order chi connectivity index (χ0) is 20.8. The highest BCUT2D eigenvalue weighted by atomic mass is 16.5. The number of amides is 1. The van der Waals surface area contributed by atoms with Gasteiger partial charge in [-0.25, -0.2) is 4.79 Å². The number of ether oxygens (including phenoxy) is 1. The molecular weight excluding hydrogens is 372 g/mol. The molecule has 4 nitrogen and oxygen atoms in total. The number of hydrogen-bond acceptors (Lipinski definition) is 3. The fourth-order valence-electron chi connectivity index (χ4n) is 3.84. The van der Waals surface area contributed by atoms with E-state index >= 15 is 0 Å². The van der Waals surface area contributed by atoms with Crippen molar-refractivity contribution in [2.75, 3.05) is 13.2 Å². The second kappa shape index (κ2) is 9.11. The Morgan fingerprint density at radius 1 is 1.00 bits per heavy atom. The molecular formula is C26H22N2O2. The van der Waals surface area contributed by atoms with Crippen LogP contribution < -0.4 is 5.32 Å². The SMILES string of the molecule is N#Cc1cccc(C=CCCNC(=O)OCC2c3ccccc3-c3ccccc32)c1. The third-order valence-electron chi connectivity index (χ3n) is 5.25. The number of fused-ring (bicyclic) bond motifs is 3. The van der Waals surface area contributed by atoms with E-state index in [0.29, 0.717) is 25.1 Å². The highest BCUT2D eigenvalue weighted by molar-refractivity contribution is 5.79. The van der Waals surface area contributed by atoms with Crippen LogP contribution in [0, 0.1) is 11.3 Å². The van der Waals surface area contributed by atoms with Crippen molar-refractivity contribution in [2.24, 2.45) is 0 Å². The van der Waals surface area contributed by atoms with E-state index in [1.54, 1.807) is 6.07 Å². The first-order valence-electron chi connectivity index (χ1n) is 10.0. The van der Waals surface area contributed by atoms with E-state index in [1.807, 2.05) is 54.6 Å². The first-order chi connectivity index (χ1) is 14.8. The normalized spacial score (nSPS) is 12.2. The van der Waals surface area contributed by atoms with Crippen molar-refractivity contribution >= 4 is 12.2 Å². The Hall–Kier alpha value is -3.84. The Morgan fingerprint density at radius 2 is 1.70 bits per heavy atom. The molecule has 4 heteroatoms. The minimum atomic E-state index is -0.406. The third-order valence-corrected chi connectivity index (χ3v) is 5.25. The smallest absolute Gasteiger partial charge is 0.407 e. The molecule has 0 bridgehead atoms. The largest absolute Gasteiger partial charge is 0.449 e. The van der Waals surface area contributed by atoms with Crippen molar-refractivity contribution in [1.29, 1.82) is 5.26 Å². The number of alkyl carbamates (subject to hydrolysis) is 1. The van der Waals surface area contributed by atoms with Crippen molar-refractivity contribution in [2.45, 2.75) is 12.3 Å². The topological polar surface area (TPSA) is 62.1 Å². The molecule has 148 valence electrons. The van der Waals surface area contributed by atoms with Gasteiger partial charge in [0.15, 0.2) is 0 Å². The van der Waals surface area contributed by atoms with Gasteiger partial charge in [-0.3, -0.25) is 0 Å². The Balaban J connectivity index is 1.27. The number of rotatable bonds is 6. The molecule has 0 fully saturated rings. The summed E-state index contributed by atoms with van der Waals surface area (Å²) in [6.07, 6.45) is 4.19. The molecule has 3 aromatic rings. The standard InChI is InChI=1S/C26H22N2O2/c27-17-20-10-7-9-19(16-20)8-5-6-15-28-26(29)30-18-25-23-13-3-1-11-21(23)22-12-2-4-14-24(22)25/h1-5,7-14,16,25H,6,15,18H2,(H,28,29). The van der Waals surface area contributed by atoms with Crippen molar-refractivity contribution in [3.8, 4) is 17.2 Å². The lowest BCUT2D eigenvalue weighted by Crippen LogP contribution is -2.26. The zero-order valence-corrected chi connectivity index (χ0v) is 16.5. The summed E-state index contributed by atoms with van der Waals surface area (Å²) >= 11 is 0. The zero-order valence-electron chi connectivity index (χ0n) is 16.5. The molecule has 4 rings (SSSR count). The molecule has 0 heterocycles. The van der Waals surface area contributed by atoms with Gasteiger partial charge in [0, 0.05) is 12.5 Å². The summed E-state index contributed by atoms with van der Waals surface area (Å²) in [5.74, 6) is 0.0652. The minimum Gasteiger partial charge on any atom is -0.449 e. The van der Waals surface area contributed by atoms with Crippen LogP contribution in [0.2, 0.25) is 0 Å². The number of nitriles is 1. The predicted octanol–water partition coefficient (Wildman–Crippen LogP) is 5.50. The molecule has 0 aromatic heterocycles. The van der Waals surface area contributed by atoms with E-state index in [0.717, 1.165) is 5.56 Å². The number of benzene rings is 3. The molecule has 0 atom stereocenters. The van der Waals surface area contributed by atoms with Gasteiger partial charge in [-0.2, -0.15) is 5.26 Å². The second-order valence-corrected chi connectivity index (χ2v) is 7.18. The Morgan fingerprint density at radius 3 is 2.40 bits per heavy atom. The highest BCUT2D eigenvalue weighted by Crippen LogP contribution is 2.44. The fourth-order valence-corrected chi connectivity index (χ4v) is 3.84. The second-order valence-electron chi connectivity index (χ2n) is 7.18. The molecule has 1 N–H and O–H groups in total. The molecule has 30 heavy (non-hydrogen) atoms. The van der Waals surface area contributed by atoms with Crippen LogP contribution in [-0.4, -0.2) is 19.2 Å². The van der Waals surface area contributed by atoms with Crippen LogP contribution in [-0.2, 0) is 4.74 Å². The lowest BCUT2D eigenvalue weighted by atomic mass is 9.98. The molecule has 0 unspecified atom stereocenters. The summed E-state index contributed by atoms with van der Waals surface area (Å²) in [6.45, 7) is 0.807. The van der Waals surface area contributed by atoms with Gasteiger partial charge >= 0.3 is 6.09 Å². The van der Waals surface area contributed by atoms with Gasteiger partial charge in [0.05, 0.1) is 11.6 Å². The Labute approximate surface area is 176 Å². The molecule has 0 saturated heterocycles. The lowest BCUT2D eigenvalue weighted by molar-refractivity contribution is 0.143. The van der Waals surface area contributed by atoms with Crippen LogP contribution >= 0.6 is 0 Å². The van der Waals surface area contributed by atoms with Gasteiger partial charge < -0.3 is 10.1 Å². The number of hydrogen-bond donors (Lipinski definition) is 1. The van der Waals surface area contributed by atoms with Crippen LogP contribution in [0.5, 0.6) is 0 Å². The van der Waals surface area contributed by atoms with Gasteiger partial charge in [0.1, 0.15) is 6.61 Å². The minimum absolute atomic E-state index is 0.0652. The van der Waals surface area contributed by atoms with E-state index in [1.165, 1.54) is 22.3 Å². The number of carbonyl (C=O) groups is 1. The maximum absolute atomic E-state index is 12.1. The van der Waals surface area contributed by atoms with Crippen LogP contribution in [0.15, 0.2) is 78.9 Å². The van der Waals surface area contributed by atoms with Gasteiger partial charge in [-0.15, -0.1) is 0 Å². The number of nitrogens with zero attached hydrogens (tertiary/aromatic N) is 1. The monoisotopic (exact) mass is 394 g/mol. The predicted molar refractivity (Wildman–Crippen MR) is 118 cm³/mol. The summed E-state index contributed by atoms with van der Waals surface area (Å²) in [4.78, 5) is 12.1. The van der Waals surface area contributed by atoms with Gasteiger partial charge in [-0.1, -0.05) is 72.8 Å². The summed E-state index contributed by atoms with van der Waals surface area (Å²) in [5.41, 5.74) is 6.44. The van der Waals surface area contributed by atoms with Gasteiger partial charge in [0.25, 0.3) is 0 Å². The summed E-state index contributed by atoms with van der Waals surface area (Å²) in [5, 5.41) is 11.7. The van der Waals surface area contributed by atoms with Gasteiger partial charge in [0.2, 0.25) is 0 Å².